The molecule has 2 aliphatic rings. The van der Waals surface area contributed by atoms with Crippen LogP contribution in [0.25, 0.3) is 0 Å². The average Bonchev–Trinajstić information content (AvgIpc) is 2.99. The molecule has 0 unspecified atom stereocenters. The number of benzene rings is 3. The van der Waals surface area contributed by atoms with Crippen molar-refractivity contribution in [1.29, 1.82) is 0 Å². The van der Waals surface area contributed by atoms with Gasteiger partial charge >= 0.3 is 0 Å². The number of halogens is 1. The minimum atomic E-state index is -3.97. The van der Waals surface area contributed by atoms with Crippen LogP contribution in [-0.2, 0) is 24.8 Å². The van der Waals surface area contributed by atoms with Gasteiger partial charge in [0.05, 0.1) is 34.4 Å². The molecule has 2 aliphatic heterocycles. The van der Waals surface area contributed by atoms with E-state index in [9.17, 15) is 21.6 Å². The molecule has 13 heteroatoms. The van der Waals surface area contributed by atoms with Gasteiger partial charge in [0.2, 0.25) is 10.0 Å². The van der Waals surface area contributed by atoms with Crippen LogP contribution in [0, 0.1) is 0 Å². The fourth-order valence-electron chi connectivity index (χ4n) is 4.83. The molecule has 1 amide bonds. The Morgan fingerprint density at radius 1 is 0.780 bits per heavy atom. The summed E-state index contributed by atoms with van der Waals surface area (Å²) in [7, 11) is -7.67. The van der Waals surface area contributed by atoms with Crippen molar-refractivity contribution in [3.63, 3.8) is 0 Å². The van der Waals surface area contributed by atoms with Crippen molar-refractivity contribution in [2.24, 2.45) is 0 Å². The van der Waals surface area contributed by atoms with Crippen LogP contribution in [0.5, 0.6) is 0 Å². The number of ether oxygens (including phenoxy) is 1. The van der Waals surface area contributed by atoms with E-state index >= 15 is 0 Å². The molecule has 0 spiro atoms. The standard InChI is InChI=1S/C28H31ClN4O6S2/c29-22-6-8-23(9-7-22)31-40(35,36)25-12-13-27(32-14-2-1-3-15-32)26(20-25)30-28(34)21-4-10-24(11-5-21)41(37,38)33-16-18-39-19-17-33/h4-13,20,31H,1-3,14-19H2,(H,30,34). The quantitative estimate of drug-likeness (QED) is 0.383. The summed E-state index contributed by atoms with van der Waals surface area (Å²) in [6.45, 7) is 2.79. The van der Waals surface area contributed by atoms with Crippen LogP contribution in [0.3, 0.4) is 0 Å². The number of amides is 1. The lowest BCUT2D eigenvalue weighted by molar-refractivity contribution is 0.0730. The van der Waals surface area contributed by atoms with Crippen molar-refractivity contribution >= 4 is 54.6 Å². The van der Waals surface area contributed by atoms with Crippen LogP contribution < -0.4 is 14.9 Å². The van der Waals surface area contributed by atoms with Gasteiger partial charge < -0.3 is 15.0 Å². The molecule has 2 heterocycles. The fraction of sp³-hybridized carbons (Fsp3) is 0.321. The highest BCUT2D eigenvalue weighted by Gasteiger charge is 2.27. The third-order valence-electron chi connectivity index (χ3n) is 7.04. The Morgan fingerprint density at radius 3 is 2.07 bits per heavy atom. The summed E-state index contributed by atoms with van der Waals surface area (Å²) >= 11 is 5.92. The van der Waals surface area contributed by atoms with Crippen molar-refractivity contribution in [2.75, 3.05) is 54.3 Å². The van der Waals surface area contributed by atoms with Crippen molar-refractivity contribution < 1.29 is 26.4 Å². The third-order valence-corrected chi connectivity index (χ3v) is 10.6. The molecular weight excluding hydrogens is 588 g/mol. The predicted molar refractivity (Wildman–Crippen MR) is 159 cm³/mol. The molecule has 0 saturated carbocycles. The number of nitrogens with one attached hydrogen (secondary N) is 2. The van der Waals surface area contributed by atoms with E-state index in [1.54, 1.807) is 30.3 Å². The zero-order chi connectivity index (χ0) is 29.0. The summed E-state index contributed by atoms with van der Waals surface area (Å²) in [6, 6.07) is 16.7. The molecule has 0 aromatic heterocycles. The molecule has 0 aliphatic carbocycles. The number of sulfonamides is 2. The van der Waals surface area contributed by atoms with Crippen LogP contribution in [0.1, 0.15) is 29.6 Å². The normalized spacial score (nSPS) is 16.8. The van der Waals surface area contributed by atoms with Gasteiger partial charge in [-0.2, -0.15) is 4.31 Å². The molecule has 3 aromatic rings. The molecule has 0 atom stereocenters. The maximum atomic E-state index is 13.3. The number of hydrogen-bond donors (Lipinski definition) is 2. The largest absolute Gasteiger partial charge is 0.379 e. The van der Waals surface area contributed by atoms with Crippen molar-refractivity contribution in [3.05, 3.63) is 77.3 Å². The Bertz CT molecular complexity index is 1600. The molecule has 2 fully saturated rings. The summed E-state index contributed by atoms with van der Waals surface area (Å²) in [5, 5.41) is 3.34. The Balaban J connectivity index is 1.40. The minimum absolute atomic E-state index is 0.0181. The number of anilines is 3. The first-order chi connectivity index (χ1) is 19.6. The topological polar surface area (TPSA) is 125 Å². The lowest BCUT2D eigenvalue weighted by Crippen LogP contribution is -2.40. The Kier molecular flexibility index (Phi) is 8.85. The Hall–Kier alpha value is -3.16. The maximum Gasteiger partial charge on any atom is 0.261 e. The second kappa shape index (κ2) is 12.4. The SMILES string of the molecule is O=C(Nc1cc(S(=O)(=O)Nc2ccc(Cl)cc2)ccc1N1CCCCC1)c1ccc(S(=O)(=O)N2CCOCC2)cc1. The van der Waals surface area contributed by atoms with E-state index < -0.39 is 26.0 Å². The van der Waals surface area contributed by atoms with Crippen LogP contribution in [0.4, 0.5) is 17.1 Å². The van der Waals surface area contributed by atoms with Gasteiger partial charge in [-0.1, -0.05) is 11.6 Å². The van der Waals surface area contributed by atoms with Gasteiger partial charge in [0, 0.05) is 42.5 Å². The zero-order valence-electron chi connectivity index (χ0n) is 22.3. The second-order valence-electron chi connectivity index (χ2n) is 9.83. The van der Waals surface area contributed by atoms with Crippen LogP contribution in [0.15, 0.2) is 76.5 Å². The number of nitrogens with zero attached hydrogens (tertiary/aromatic N) is 2. The highest BCUT2D eigenvalue weighted by Crippen LogP contribution is 2.32. The lowest BCUT2D eigenvalue weighted by Gasteiger charge is -2.31. The van der Waals surface area contributed by atoms with Crippen molar-refractivity contribution in [3.8, 4) is 0 Å². The van der Waals surface area contributed by atoms with Gasteiger partial charge in [0.25, 0.3) is 15.9 Å². The first-order valence-corrected chi connectivity index (χ1v) is 16.6. The van der Waals surface area contributed by atoms with Gasteiger partial charge in [-0.05, 0) is 86.0 Å². The number of carbonyl (C=O) groups is 1. The zero-order valence-corrected chi connectivity index (χ0v) is 24.6. The molecule has 218 valence electrons. The van der Waals surface area contributed by atoms with Crippen molar-refractivity contribution in [2.45, 2.75) is 29.1 Å². The first kappa shape index (κ1) is 29.3. The van der Waals surface area contributed by atoms with Crippen LogP contribution >= 0.6 is 11.6 Å². The van der Waals surface area contributed by atoms with E-state index in [-0.39, 0.29) is 28.4 Å². The summed E-state index contributed by atoms with van der Waals surface area (Å²) in [6.07, 6.45) is 3.09. The van der Waals surface area contributed by atoms with E-state index in [1.165, 1.54) is 40.7 Å². The maximum absolute atomic E-state index is 13.3. The number of rotatable bonds is 8. The highest BCUT2D eigenvalue weighted by molar-refractivity contribution is 7.92. The summed E-state index contributed by atoms with van der Waals surface area (Å²) < 4.78 is 61.5. The molecule has 0 bridgehead atoms. The van der Waals surface area contributed by atoms with Gasteiger partial charge in [-0.25, -0.2) is 16.8 Å². The molecule has 2 saturated heterocycles. The molecule has 41 heavy (non-hydrogen) atoms. The van der Waals surface area contributed by atoms with Crippen molar-refractivity contribution in [1.82, 2.24) is 4.31 Å². The predicted octanol–water partition coefficient (Wildman–Crippen LogP) is 4.40. The van der Waals surface area contributed by atoms with Gasteiger partial charge in [-0.3, -0.25) is 9.52 Å². The molecule has 2 N–H and O–H groups in total. The van der Waals surface area contributed by atoms with E-state index in [2.05, 4.69) is 14.9 Å². The van der Waals surface area contributed by atoms with E-state index in [0.717, 1.165) is 38.0 Å². The number of morpholine rings is 1. The highest BCUT2D eigenvalue weighted by atomic mass is 35.5. The molecular formula is C28H31ClN4O6S2. The Morgan fingerprint density at radius 2 is 1.41 bits per heavy atom. The fourth-order valence-corrected chi connectivity index (χ4v) is 7.45. The summed E-state index contributed by atoms with van der Waals surface area (Å²) in [5.41, 5.74) is 1.66. The average molecular weight is 619 g/mol. The van der Waals surface area contributed by atoms with Crippen LogP contribution in [-0.4, -0.2) is 66.4 Å². The summed E-state index contributed by atoms with van der Waals surface area (Å²) in [4.78, 5) is 15.5. The monoisotopic (exact) mass is 618 g/mol. The van der Waals surface area contributed by atoms with Gasteiger partial charge in [0.1, 0.15) is 0 Å². The Labute approximate surface area is 245 Å². The number of carbonyl (C=O) groups excluding carboxylic acids is 1. The first-order valence-electron chi connectivity index (χ1n) is 13.3. The molecule has 3 aromatic carbocycles. The lowest BCUT2D eigenvalue weighted by atomic mass is 10.1. The van der Waals surface area contributed by atoms with E-state index in [0.29, 0.717) is 29.6 Å². The number of piperidine rings is 1. The molecule has 10 nitrogen and oxygen atoms in total. The van der Waals surface area contributed by atoms with E-state index in [4.69, 9.17) is 16.3 Å². The van der Waals surface area contributed by atoms with Gasteiger partial charge in [-0.15, -0.1) is 0 Å². The third kappa shape index (κ3) is 6.84. The smallest absolute Gasteiger partial charge is 0.261 e. The molecule has 0 radical (unpaired) electrons. The van der Waals surface area contributed by atoms with E-state index in [1.807, 2.05) is 0 Å². The second-order valence-corrected chi connectivity index (χ2v) is 13.9. The summed E-state index contributed by atoms with van der Waals surface area (Å²) in [5.74, 6) is -0.487. The number of hydrogen-bond acceptors (Lipinski definition) is 7. The van der Waals surface area contributed by atoms with Gasteiger partial charge in [0.15, 0.2) is 0 Å². The minimum Gasteiger partial charge on any atom is -0.379 e. The van der Waals surface area contributed by atoms with Crippen LogP contribution in [0.2, 0.25) is 5.02 Å². The molecule has 5 rings (SSSR count).